The lowest BCUT2D eigenvalue weighted by Gasteiger charge is -2.21. The fraction of sp³-hybridized carbons (Fsp3) is 0. The number of rotatable bonds is 8. The predicted octanol–water partition coefficient (Wildman–Crippen LogP) is 14.5. The van der Waals surface area contributed by atoms with Crippen LogP contribution in [0.25, 0.3) is 99.4 Å². The number of hydrogen-bond acceptors (Lipinski definition) is 4. The third-order valence-corrected chi connectivity index (χ3v) is 15.9. The first-order chi connectivity index (χ1) is 32.6. The van der Waals surface area contributed by atoms with Gasteiger partial charge in [0, 0.05) is 38.4 Å². The molecule has 66 heavy (non-hydrogen) atoms. The Morgan fingerprint density at radius 1 is 0.303 bits per heavy atom. The van der Waals surface area contributed by atoms with E-state index in [4.69, 9.17) is 9.97 Å². The summed E-state index contributed by atoms with van der Waals surface area (Å²) in [7, 11) is -3.12. The third kappa shape index (κ3) is 6.79. The minimum Gasteiger partial charge on any atom is -0.309 e. The van der Waals surface area contributed by atoms with Crippen LogP contribution in [0.4, 0.5) is 0 Å². The van der Waals surface area contributed by atoms with E-state index in [-0.39, 0.29) is 0 Å². The molecular weight excluding hydrogens is 822 g/mol. The van der Waals surface area contributed by atoms with Crippen molar-refractivity contribution in [1.29, 1.82) is 0 Å². The second kappa shape index (κ2) is 16.4. The van der Waals surface area contributed by atoms with Crippen LogP contribution in [0.5, 0.6) is 0 Å². The fourth-order valence-electron chi connectivity index (χ4n) is 9.57. The summed E-state index contributed by atoms with van der Waals surface area (Å²) in [5.74, 6) is 0. The number of aromatic nitrogens is 3. The Balaban J connectivity index is 1.04. The van der Waals surface area contributed by atoms with Crippen molar-refractivity contribution in [2.75, 3.05) is 0 Å². The summed E-state index contributed by atoms with van der Waals surface area (Å²) >= 11 is 0. The fourth-order valence-corrected chi connectivity index (χ4v) is 12.2. The Bertz CT molecular complexity index is 3760. The molecule has 310 valence electrons. The van der Waals surface area contributed by atoms with E-state index in [9.17, 15) is 0 Å². The van der Waals surface area contributed by atoms with Crippen LogP contribution >= 0.6 is 7.14 Å². The molecule has 0 N–H and O–H groups in total. The molecule has 5 heteroatoms. The Labute approximate surface area is 383 Å². The summed E-state index contributed by atoms with van der Waals surface area (Å²) in [5.41, 5.74) is 12.0. The quantitative estimate of drug-likeness (QED) is 0.0867. The van der Waals surface area contributed by atoms with Crippen LogP contribution in [0.2, 0.25) is 0 Å². The Hall–Kier alpha value is -8.30. The average Bonchev–Trinajstić information content (AvgIpc) is 3.40. The highest BCUT2D eigenvalue weighted by Crippen LogP contribution is 2.47. The molecule has 0 saturated heterocycles. The van der Waals surface area contributed by atoms with Gasteiger partial charge in [0.2, 0.25) is 0 Å². The number of fused-ring (bicyclic) bond motifs is 5. The molecule has 0 bridgehead atoms. The van der Waals surface area contributed by atoms with Gasteiger partial charge in [-0.1, -0.05) is 200 Å². The molecule has 0 aliphatic rings. The standard InChI is InChI=1S/C61H40N3OP/c65-66(48-19-9-3-10-20-48,49-21-11-4-12-22-49)50-32-26-41(27-33-50)46-28-34-51-53(39-46)58(42-15-5-1-6-16-42)52-35-29-47(40-54(52)59(51)43-17-7-2-8-18-43)55-36-30-44-24-25-45-31-37-57(56-23-13-14-38-62-56)64-61(45)60(44)63-55/h1-40H. The van der Waals surface area contributed by atoms with Gasteiger partial charge >= 0.3 is 0 Å². The van der Waals surface area contributed by atoms with Crippen molar-refractivity contribution < 1.29 is 4.57 Å². The zero-order valence-corrected chi connectivity index (χ0v) is 36.7. The van der Waals surface area contributed by atoms with Crippen LogP contribution in [0.1, 0.15) is 0 Å². The zero-order valence-electron chi connectivity index (χ0n) is 35.8. The number of hydrogen-bond donors (Lipinski definition) is 0. The van der Waals surface area contributed by atoms with Gasteiger partial charge in [-0.25, -0.2) is 9.97 Å². The smallest absolute Gasteiger partial charge is 0.171 e. The first kappa shape index (κ1) is 39.3. The van der Waals surface area contributed by atoms with E-state index in [1.165, 1.54) is 11.1 Å². The maximum atomic E-state index is 15.2. The van der Waals surface area contributed by atoms with Gasteiger partial charge in [0.1, 0.15) is 0 Å². The SMILES string of the molecule is O=P(c1ccccc1)(c1ccccc1)c1ccc(-c2ccc3c(-c4ccccc4)c4cc(-c5ccc6ccc7ccc(-c8ccccn8)nc7c6n5)ccc4c(-c4ccccc4)c3c2)cc1. The summed E-state index contributed by atoms with van der Waals surface area (Å²) < 4.78 is 15.2. The van der Waals surface area contributed by atoms with E-state index >= 15 is 4.57 Å². The molecule has 0 aliphatic carbocycles. The maximum absolute atomic E-state index is 15.2. The molecule has 0 atom stereocenters. The van der Waals surface area contributed by atoms with E-state index < -0.39 is 7.14 Å². The van der Waals surface area contributed by atoms with Crippen molar-refractivity contribution >= 4 is 66.4 Å². The number of pyridine rings is 3. The van der Waals surface area contributed by atoms with Gasteiger partial charge in [0.05, 0.1) is 28.1 Å². The molecule has 12 aromatic rings. The molecule has 0 spiro atoms. The molecule has 0 amide bonds. The van der Waals surface area contributed by atoms with Crippen LogP contribution < -0.4 is 15.9 Å². The van der Waals surface area contributed by atoms with E-state index in [1.807, 2.05) is 84.9 Å². The van der Waals surface area contributed by atoms with Crippen LogP contribution in [0.15, 0.2) is 243 Å². The van der Waals surface area contributed by atoms with Gasteiger partial charge in [-0.05, 0) is 91.3 Å². The highest BCUT2D eigenvalue weighted by molar-refractivity contribution is 7.85. The minimum atomic E-state index is -3.12. The summed E-state index contributed by atoms with van der Waals surface area (Å²) in [5, 5.41) is 9.14. The van der Waals surface area contributed by atoms with Crippen molar-refractivity contribution in [2.24, 2.45) is 0 Å². The van der Waals surface area contributed by atoms with Gasteiger partial charge in [-0.2, -0.15) is 0 Å². The molecule has 12 rings (SSSR count). The van der Waals surface area contributed by atoms with Gasteiger partial charge < -0.3 is 4.57 Å². The summed E-state index contributed by atoms with van der Waals surface area (Å²) in [6.07, 6.45) is 1.80. The van der Waals surface area contributed by atoms with Crippen LogP contribution in [-0.4, -0.2) is 15.0 Å². The Morgan fingerprint density at radius 3 is 1.29 bits per heavy atom. The van der Waals surface area contributed by atoms with Crippen molar-refractivity contribution in [3.63, 3.8) is 0 Å². The zero-order chi connectivity index (χ0) is 44.0. The molecule has 0 radical (unpaired) electrons. The van der Waals surface area contributed by atoms with Crippen LogP contribution in [0.3, 0.4) is 0 Å². The van der Waals surface area contributed by atoms with Gasteiger partial charge in [-0.3, -0.25) is 4.98 Å². The minimum absolute atomic E-state index is 0.808. The largest absolute Gasteiger partial charge is 0.309 e. The second-order valence-electron chi connectivity index (χ2n) is 16.6. The maximum Gasteiger partial charge on any atom is 0.171 e. The number of benzene rings is 9. The van der Waals surface area contributed by atoms with E-state index in [1.54, 1.807) is 6.20 Å². The second-order valence-corrected chi connectivity index (χ2v) is 19.4. The molecule has 3 heterocycles. The van der Waals surface area contributed by atoms with Crippen LogP contribution in [0, 0.1) is 0 Å². The van der Waals surface area contributed by atoms with Gasteiger partial charge in [-0.15, -0.1) is 0 Å². The summed E-state index contributed by atoms with van der Waals surface area (Å²) in [6, 6.07) is 81.7. The topological polar surface area (TPSA) is 55.7 Å². The first-order valence-corrected chi connectivity index (χ1v) is 23.9. The lowest BCUT2D eigenvalue weighted by Crippen LogP contribution is -2.24. The monoisotopic (exact) mass is 861 g/mol. The summed E-state index contributed by atoms with van der Waals surface area (Å²) in [6.45, 7) is 0. The van der Waals surface area contributed by atoms with Crippen molar-refractivity contribution in [3.8, 4) is 56.0 Å². The average molecular weight is 862 g/mol. The first-order valence-electron chi connectivity index (χ1n) is 22.2. The van der Waals surface area contributed by atoms with Crippen molar-refractivity contribution in [2.45, 2.75) is 0 Å². The third-order valence-electron chi connectivity index (χ3n) is 12.8. The predicted molar refractivity (Wildman–Crippen MR) is 276 cm³/mol. The Kier molecular flexibility index (Phi) is 9.74. The molecule has 3 aromatic heterocycles. The lowest BCUT2D eigenvalue weighted by atomic mass is 9.84. The molecule has 0 unspecified atom stereocenters. The van der Waals surface area contributed by atoms with Crippen molar-refractivity contribution in [3.05, 3.63) is 243 Å². The highest BCUT2D eigenvalue weighted by Gasteiger charge is 2.29. The molecule has 0 saturated carbocycles. The molecule has 9 aromatic carbocycles. The molecular formula is C61H40N3OP. The van der Waals surface area contributed by atoms with E-state index in [2.05, 4.69) is 157 Å². The normalized spacial score (nSPS) is 11.7. The summed E-state index contributed by atoms with van der Waals surface area (Å²) in [4.78, 5) is 15.1. The Morgan fingerprint density at radius 2 is 0.742 bits per heavy atom. The van der Waals surface area contributed by atoms with Crippen LogP contribution in [-0.2, 0) is 4.57 Å². The number of nitrogens with zero attached hydrogens (tertiary/aromatic N) is 3. The highest BCUT2D eigenvalue weighted by atomic mass is 31.2. The molecule has 0 fully saturated rings. The molecule has 0 aliphatic heterocycles. The van der Waals surface area contributed by atoms with Gasteiger partial charge in [0.25, 0.3) is 0 Å². The van der Waals surface area contributed by atoms with E-state index in [0.717, 1.165) is 104 Å². The van der Waals surface area contributed by atoms with Gasteiger partial charge in [0.15, 0.2) is 7.14 Å². The molecule has 4 nitrogen and oxygen atoms in total. The van der Waals surface area contributed by atoms with Crippen molar-refractivity contribution in [1.82, 2.24) is 15.0 Å². The van der Waals surface area contributed by atoms with E-state index in [0.29, 0.717) is 0 Å². The lowest BCUT2D eigenvalue weighted by molar-refractivity contribution is 0.592.